The van der Waals surface area contributed by atoms with Crippen LogP contribution in [0.25, 0.3) is 0 Å². The number of ether oxygens (including phenoxy) is 2. The molecule has 1 heterocycles. The standard InChI is InChI=1S/C22H26ClNO3/c1-2-26-21(25)22(18-8-4-3-5-9-18)12-14-24(15-13-22)16-17-27-20-11-7-6-10-19(20)23/h3-11H,2,12-17H2,1H3/p+1. The minimum atomic E-state index is -0.523. The summed E-state index contributed by atoms with van der Waals surface area (Å²) in [6.07, 6.45) is 1.58. The summed E-state index contributed by atoms with van der Waals surface area (Å²) in [7, 11) is 0. The zero-order valence-electron chi connectivity index (χ0n) is 15.7. The smallest absolute Gasteiger partial charge is 0.317 e. The van der Waals surface area contributed by atoms with E-state index in [2.05, 4.69) is 0 Å². The highest BCUT2D eigenvalue weighted by atomic mass is 35.5. The molecule has 1 saturated heterocycles. The molecule has 3 rings (SSSR count). The van der Waals surface area contributed by atoms with Crippen molar-refractivity contribution in [3.8, 4) is 5.75 Å². The van der Waals surface area contributed by atoms with Gasteiger partial charge in [-0.2, -0.15) is 0 Å². The summed E-state index contributed by atoms with van der Waals surface area (Å²) in [5.41, 5.74) is 0.541. The Labute approximate surface area is 166 Å². The second-order valence-electron chi connectivity index (χ2n) is 6.95. The molecule has 0 unspecified atom stereocenters. The summed E-state index contributed by atoms with van der Waals surface area (Å²) in [5, 5.41) is 0.636. The van der Waals surface area contributed by atoms with Crippen LogP contribution in [0.15, 0.2) is 54.6 Å². The minimum Gasteiger partial charge on any atom is -0.486 e. The van der Waals surface area contributed by atoms with Crippen LogP contribution in [0.1, 0.15) is 25.3 Å². The number of para-hydroxylation sites is 1. The van der Waals surface area contributed by atoms with Crippen LogP contribution in [0, 0.1) is 0 Å². The Kier molecular flexibility index (Phi) is 6.75. The number of halogens is 1. The molecule has 0 spiro atoms. The van der Waals surface area contributed by atoms with Gasteiger partial charge < -0.3 is 14.4 Å². The van der Waals surface area contributed by atoms with Gasteiger partial charge in [0.2, 0.25) is 0 Å². The van der Waals surface area contributed by atoms with Gasteiger partial charge in [0, 0.05) is 12.8 Å². The van der Waals surface area contributed by atoms with Crippen LogP contribution >= 0.6 is 11.6 Å². The van der Waals surface area contributed by atoms with Gasteiger partial charge in [0.1, 0.15) is 24.3 Å². The molecule has 0 aliphatic carbocycles. The van der Waals surface area contributed by atoms with Crippen LogP contribution in [-0.2, 0) is 14.9 Å². The summed E-state index contributed by atoms with van der Waals surface area (Å²) in [6, 6.07) is 17.6. The second-order valence-corrected chi connectivity index (χ2v) is 7.35. The summed E-state index contributed by atoms with van der Waals surface area (Å²) in [5.74, 6) is 0.628. The third kappa shape index (κ3) is 4.63. The first-order valence-corrected chi connectivity index (χ1v) is 9.97. The number of nitrogens with one attached hydrogen (secondary N) is 1. The van der Waals surface area contributed by atoms with Gasteiger partial charge in [-0.25, -0.2) is 0 Å². The second kappa shape index (κ2) is 9.25. The van der Waals surface area contributed by atoms with Crippen LogP contribution < -0.4 is 9.64 Å². The fourth-order valence-corrected chi connectivity index (χ4v) is 3.97. The number of esters is 1. The average Bonchev–Trinajstić information content (AvgIpc) is 2.71. The van der Waals surface area contributed by atoms with E-state index in [-0.39, 0.29) is 5.97 Å². The fourth-order valence-electron chi connectivity index (χ4n) is 3.78. The number of hydrogen-bond acceptors (Lipinski definition) is 3. The first-order valence-electron chi connectivity index (χ1n) is 9.59. The van der Waals surface area contributed by atoms with Crippen molar-refractivity contribution in [2.75, 3.05) is 32.8 Å². The van der Waals surface area contributed by atoms with Gasteiger partial charge in [-0.3, -0.25) is 4.79 Å². The molecule has 1 N–H and O–H groups in total. The number of carbonyl (C=O) groups excluding carboxylic acids is 1. The third-order valence-electron chi connectivity index (χ3n) is 5.35. The first-order chi connectivity index (χ1) is 13.2. The molecule has 0 amide bonds. The number of likely N-dealkylation sites (tertiary alicyclic amines) is 1. The van der Waals surface area contributed by atoms with Crippen molar-refractivity contribution in [2.45, 2.75) is 25.2 Å². The van der Waals surface area contributed by atoms with E-state index in [0.29, 0.717) is 18.2 Å². The highest BCUT2D eigenvalue weighted by Crippen LogP contribution is 2.34. The molecular formula is C22H27ClNO3+. The van der Waals surface area contributed by atoms with Gasteiger partial charge in [-0.15, -0.1) is 0 Å². The van der Waals surface area contributed by atoms with Crippen molar-refractivity contribution in [1.82, 2.24) is 0 Å². The Hall–Kier alpha value is -2.04. The maximum Gasteiger partial charge on any atom is 0.317 e. The number of benzene rings is 2. The summed E-state index contributed by atoms with van der Waals surface area (Å²) in [4.78, 5) is 14.2. The van der Waals surface area contributed by atoms with Crippen LogP contribution in [0.2, 0.25) is 5.02 Å². The van der Waals surface area contributed by atoms with E-state index in [9.17, 15) is 4.79 Å². The van der Waals surface area contributed by atoms with Crippen LogP contribution in [0.5, 0.6) is 5.75 Å². The predicted octanol–water partition coefficient (Wildman–Crippen LogP) is 2.90. The molecule has 4 nitrogen and oxygen atoms in total. The molecule has 144 valence electrons. The molecular weight excluding hydrogens is 362 g/mol. The van der Waals surface area contributed by atoms with Gasteiger partial charge in [0.25, 0.3) is 0 Å². The Balaban J connectivity index is 1.59. The van der Waals surface area contributed by atoms with Gasteiger partial charge in [-0.05, 0) is 24.6 Å². The monoisotopic (exact) mass is 388 g/mol. The van der Waals surface area contributed by atoms with E-state index in [1.165, 1.54) is 4.90 Å². The minimum absolute atomic E-state index is 0.0948. The zero-order chi connectivity index (χ0) is 19.1. The summed E-state index contributed by atoms with van der Waals surface area (Å²) in [6.45, 7) is 5.60. The third-order valence-corrected chi connectivity index (χ3v) is 5.67. The fraction of sp³-hybridized carbons (Fsp3) is 0.409. The van der Waals surface area contributed by atoms with Crippen molar-refractivity contribution < 1.29 is 19.2 Å². The van der Waals surface area contributed by atoms with E-state index in [1.807, 2.05) is 61.5 Å². The lowest BCUT2D eigenvalue weighted by molar-refractivity contribution is -0.906. The molecule has 0 saturated carbocycles. The predicted molar refractivity (Wildman–Crippen MR) is 106 cm³/mol. The van der Waals surface area contributed by atoms with Crippen molar-refractivity contribution in [2.24, 2.45) is 0 Å². The van der Waals surface area contributed by atoms with Crippen molar-refractivity contribution >= 4 is 17.6 Å². The highest BCUT2D eigenvalue weighted by molar-refractivity contribution is 6.32. The number of hydrogen-bond donors (Lipinski definition) is 1. The van der Waals surface area contributed by atoms with E-state index >= 15 is 0 Å². The zero-order valence-corrected chi connectivity index (χ0v) is 16.5. The lowest BCUT2D eigenvalue weighted by atomic mass is 9.72. The van der Waals surface area contributed by atoms with Crippen molar-refractivity contribution in [3.05, 3.63) is 65.2 Å². The van der Waals surface area contributed by atoms with Crippen LogP contribution in [0.3, 0.4) is 0 Å². The molecule has 27 heavy (non-hydrogen) atoms. The average molecular weight is 389 g/mol. The maximum atomic E-state index is 12.8. The Bertz CT molecular complexity index is 742. The number of piperidine rings is 1. The summed E-state index contributed by atoms with van der Waals surface area (Å²) >= 11 is 6.13. The molecule has 1 fully saturated rings. The van der Waals surface area contributed by atoms with Gasteiger partial charge in [0.05, 0.1) is 24.7 Å². The molecule has 2 aromatic carbocycles. The van der Waals surface area contributed by atoms with E-state index < -0.39 is 5.41 Å². The van der Waals surface area contributed by atoms with Crippen LogP contribution in [-0.4, -0.2) is 38.8 Å². The Morgan fingerprint density at radius 1 is 1.07 bits per heavy atom. The Morgan fingerprint density at radius 3 is 2.41 bits per heavy atom. The lowest BCUT2D eigenvalue weighted by Crippen LogP contribution is -3.14. The molecule has 1 aliphatic rings. The lowest BCUT2D eigenvalue weighted by Gasteiger charge is -2.38. The van der Waals surface area contributed by atoms with Gasteiger partial charge >= 0.3 is 5.97 Å². The van der Waals surface area contributed by atoms with E-state index in [4.69, 9.17) is 21.1 Å². The SMILES string of the molecule is CCOC(=O)C1(c2ccccc2)CC[NH+](CCOc2ccccc2Cl)CC1. The molecule has 0 aromatic heterocycles. The summed E-state index contributed by atoms with van der Waals surface area (Å²) < 4.78 is 11.3. The van der Waals surface area contributed by atoms with Gasteiger partial charge in [-0.1, -0.05) is 54.1 Å². The van der Waals surface area contributed by atoms with Gasteiger partial charge in [0.15, 0.2) is 0 Å². The van der Waals surface area contributed by atoms with E-state index in [1.54, 1.807) is 0 Å². The topological polar surface area (TPSA) is 40.0 Å². The molecule has 2 aromatic rings. The Morgan fingerprint density at radius 2 is 1.74 bits per heavy atom. The number of quaternary nitrogens is 1. The van der Waals surface area contributed by atoms with E-state index in [0.717, 1.165) is 43.8 Å². The normalized spacial score (nSPS) is 22.2. The largest absolute Gasteiger partial charge is 0.486 e. The highest BCUT2D eigenvalue weighted by Gasteiger charge is 2.45. The quantitative estimate of drug-likeness (QED) is 0.741. The number of rotatable bonds is 7. The maximum absolute atomic E-state index is 12.8. The van der Waals surface area contributed by atoms with Crippen molar-refractivity contribution in [1.29, 1.82) is 0 Å². The molecule has 0 radical (unpaired) electrons. The molecule has 0 bridgehead atoms. The number of carbonyl (C=O) groups is 1. The van der Waals surface area contributed by atoms with Crippen LogP contribution in [0.4, 0.5) is 0 Å². The molecule has 1 aliphatic heterocycles. The molecule has 0 atom stereocenters. The first kappa shape index (κ1) is 19.7. The molecule has 5 heteroatoms. The van der Waals surface area contributed by atoms with Crippen molar-refractivity contribution in [3.63, 3.8) is 0 Å².